The van der Waals surface area contributed by atoms with E-state index in [0.29, 0.717) is 13.0 Å². The van der Waals surface area contributed by atoms with E-state index in [1.165, 1.54) is 0 Å². The van der Waals surface area contributed by atoms with Crippen molar-refractivity contribution in [2.45, 2.75) is 44.8 Å². The number of hydrogen-bond donors (Lipinski definition) is 3. The van der Waals surface area contributed by atoms with Gasteiger partial charge in [-0.05, 0) is 37.5 Å². The molecule has 0 unspecified atom stereocenters. The minimum atomic E-state index is -0.502. The van der Waals surface area contributed by atoms with Crippen molar-refractivity contribution in [3.05, 3.63) is 29.8 Å². The predicted molar refractivity (Wildman–Crippen MR) is 89.5 cm³/mol. The van der Waals surface area contributed by atoms with Gasteiger partial charge in [-0.1, -0.05) is 19.1 Å². The maximum atomic E-state index is 12.2. The molecule has 2 heterocycles. The number of amides is 4. The van der Waals surface area contributed by atoms with Gasteiger partial charge >= 0.3 is 6.03 Å². The number of anilines is 1. The third-order valence-corrected chi connectivity index (χ3v) is 4.54. The topological polar surface area (TPSA) is 90.5 Å². The first-order chi connectivity index (χ1) is 11.5. The van der Waals surface area contributed by atoms with Crippen LogP contribution in [0.15, 0.2) is 24.3 Å². The summed E-state index contributed by atoms with van der Waals surface area (Å²) in [6.07, 6.45) is 1.33. The SMILES string of the molecule is CCc1cccc(NC(=O)N[C@H]2C[C@H]3C(=O)N[C@H](C)C(=O)N3C2)c1. The Morgan fingerprint density at radius 1 is 1.38 bits per heavy atom. The van der Waals surface area contributed by atoms with Crippen molar-refractivity contribution in [1.82, 2.24) is 15.5 Å². The van der Waals surface area contributed by atoms with Crippen LogP contribution in [0.2, 0.25) is 0 Å². The number of nitrogens with zero attached hydrogens (tertiary/aromatic N) is 1. The standard InChI is InChI=1S/C17H22N4O3/c1-3-11-5-4-6-12(7-11)19-17(24)20-13-8-14-15(22)18-10(2)16(23)21(14)9-13/h4-7,10,13-14H,3,8-9H2,1-2H3,(H,18,22)(H2,19,20,24)/t10-,13+,14+/m1/s1. The number of aryl methyl sites for hydroxylation is 1. The highest BCUT2D eigenvalue weighted by Gasteiger charge is 2.45. The first-order valence-corrected chi connectivity index (χ1v) is 8.25. The lowest BCUT2D eigenvalue weighted by Crippen LogP contribution is -2.60. The number of rotatable bonds is 3. The van der Waals surface area contributed by atoms with E-state index in [1.54, 1.807) is 11.8 Å². The Kier molecular flexibility index (Phi) is 4.42. The number of nitrogens with one attached hydrogen (secondary N) is 3. The second-order valence-electron chi connectivity index (χ2n) is 6.32. The third-order valence-electron chi connectivity index (χ3n) is 4.54. The Hall–Kier alpha value is -2.57. The lowest BCUT2D eigenvalue weighted by atomic mass is 10.1. The minimum absolute atomic E-state index is 0.0973. The zero-order chi connectivity index (χ0) is 17.3. The summed E-state index contributed by atoms with van der Waals surface area (Å²) in [6, 6.07) is 6.11. The van der Waals surface area contributed by atoms with Crippen molar-refractivity contribution in [3.8, 4) is 0 Å². The molecular formula is C17H22N4O3. The van der Waals surface area contributed by atoms with Gasteiger partial charge < -0.3 is 20.9 Å². The summed E-state index contributed by atoms with van der Waals surface area (Å²) in [5, 5.41) is 8.32. The molecule has 0 aliphatic carbocycles. The second-order valence-corrected chi connectivity index (χ2v) is 6.32. The summed E-state index contributed by atoms with van der Waals surface area (Å²) < 4.78 is 0. The monoisotopic (exact) mass is 330 g/mol. The molecule has 2 aliphatic heterocycles. The van der Waals surface area contributed by atoms with E-state index in [1.807, 2.05) is 24.3 Å². The fourth-order valence-corrected chi connectivity index (χ4v) is 3.27. The Morgan fingerprint density at radius 3 is 2.92 bits per heavy atom. The molecule has 0 aromatic heterocycles. The van der Waals surface area contributed by atoms with Gasteiger partial charge in [-0.2, -0.15) is 0 Å². The molecule has 7 heteroatoms. The number of fused-ring (bicyclic) bond motifs is 1. The van der Waals surface area contributed by atoms with Crippen molar-refractivity contribution in [2.75, 3.05) is 11.9 Å². The highest BCUT2D eigenvalue weighted by atomic mass is 16.2. The van der Waals surface area contributed by atoms with E-state index in [2.05, 4.69) is 22.9 Å². The average molecular weight is 330 g/mol. The molecule has 0 radical (unpaired) electrons. The van der Waals surface area contributed by atoms with Crippen LogP contribution in [0.25, 0.3) is 0 Å². The molecule has 3 rings (SSSR count). The van der Waals surface area contributed by atoms with Gasteiger partial charge in [0.15, 0.2) is 0 Å². The van der Waals surface area contributed by atoms with Gasteiger partial charge in [-0.15, -0.1) is 0 Å². The molecule has 3 atom stereocenters. The van der Waals surface area contributed by atoms with Gasteiger partial charge in [0.25, 0.3) is 0 Å². The Balaban J connectivity index is 1.59. The van der Waals surface area contributed by atoms with Crippen LogP contribution in [-0.4, -0.2) is 47.4 Å². The van der Waals surface area contributed by atoms with Crippen LogP contribution in [0.4, 0.5) is 10.5 Å². The number of benzene rings is 1. The first-order valence-electron chi connectivity index (χ1n) is 8.25. The van der Waals surface area contributed by atoms with Crippen LogP contribution >= 0.6 is 0 Å². The smallest absolute Gasteiger partial charge is 0.319 e. The van der Waals surface area contributed by atoms with Crippen LogP contribution in [0, 0.1) is 0 Å². The first kappa shape index (κ1) is 16.3. The van der Waals surface area contributed by atoms with E-state index >= 15 is 0 Å². The fourth-order valence-electron chi connectivity index (χ4n) is 3.27. The van der Waals surface area contributed by atoms with Gasteiger partial charge in [0.1, 0.15) is 12.1 Å². The Labute approximate surface area is 140 Å². The molecular weight excluding hydrogens is 308 g/mol. The second kappa shape index (κ2) is 6.51. The van der Waals surface area contributed by atoms with Gasteiger partial charge in [-0.25, -0.2) is 4.79 Å². The molecule has 2 fully saturated rings. The molecule has 1 aromatic rings. The van der Waals surface area contributed by atoms with E-state index in [-0.39, 0.29) is 23.9 Å². The maximum Gasteiger partial charge on any atom is 0.319 e. The van der Waals surface area contributed by atoms with Crippen molar-refractivity contribution in [2.24, 2.45) is 0 Å². The van der Waals surface area contributed by atoms with Crippen molar-refractivity contribution in [1.29, 1.82) is 0 Å². The molecule has 24 heavy (non-hydrogen) atoms. The van der Waals surface area contributed by atoms with Crippen LogP contribution in [0.5, 0.6) is 0 Å². The van der Waals surface area contributed by atoms with Crippen LogP contribution in [0.3, 0.4) is 0 Å². The number of hydrogen-bond acceptors (Lipinski definition) is 3. The molecule has 3 N–H and O–H groups in total. The number of piperazine rings is 1. The van der Waals surface area contributed by atoms with E-state index < -0.39 is 12.1 Å². The molecule has 0 spiro atoms. The molecule has 0 saturated carbocycles. The predicted octanol–water partition coefficient (Wildman–Crippen LogP) is 0.858. The van der Waals surface area contributed by atoms with Crippen molar-refractivity contribution in [3.63, 3.8) is 0 Å². The summed E-state index contributed by atoms with van der Waals surface area (Å²) in [7, 11) is 0. The number of carbonyl (C=O) groups is 3. The lowest BCUT2D eigenvalue weighted by molar-refractivity contribution is -0.146. The summed E-state index contributed by atoms with van der Waals surface area (Å²) in [6.45, 7) is 4.09. The van der Waals surface area contributed by atoms with Crippen molar-refractivity contribution >= 4 is 23.5 Å². The number of urea groups is 1. The van der Waals surface area contributed by atoms with Crippen LogP contribution < -0.4 is 16.0 Å². The molecule has 2 saturated heterocycles. The van der Waals surface area contributed by atoms with Gasteiger partial charge in [0.2, 0.25) is 11.8 Å². The Bertz CT molecular complexity index is 676. The molecule has 7 nitrogen and oxygen atoms in total. The molecule has 2 aliphatic rings. The normalized spacial score (nSPS) is 25.9. The fraction of sp³-hybridized carbons (Fsp3) is 0.471. The summed E-state index contributed by atoms with van der Waals surface area (Å²) in [5.74, 6) is -0.248. The van der Waals surface area contributed by atoms with Crippen LogP contribution in [0.1, 0.15) is 25.8 Å². The molecule has 0 bridgehead atoms. The van der Waals surface area contributed by atoms with Crippen LogP contribution in [-0.2, 0) is 16.0 Å². The van der Waals surface area contributed by atoms with Gasteiger partial charge in [0.05, 0.1) is 6.04 Å². The minimum Gasteiger partial charge on any atom is -0.343 e. The molecule has 4 amide bonds. The Morgan fingerprint density at radius 2 is 2.17 bits per heavy atom. The van der Waals surface area contributed by atoms with Gasteiger partial charge in [0, 0.05) is 12.2 Å². The maximum absolute atomic E-state index is 12.2. The lowest BCUT2D eigenvalue weighted by Gasteiger charge is -2.32. The summed E-state index contributed by atoms with van der Waals surface area (Å²) >= 11 is 0. The zero-order valence-corrected chi connectivity index (χ0v) is 13.8. The van der Waals surface area contributed by atoms with Crippen molar-refractivity contribution < 1.29 is 14.4 Å². The summed E-state index contributed by atoms with van der Waals surface area (Å²) in [5.41, 5.74) is 1.87. The number of carbonyl (C=O) groups excluding carboxylic acids is 3. The molecule has 1 aromatic carbocycles. The highest BCUT2D eigenvalue weighted by Crippen LogP contribution is 2.22. The molecule has 128 valence electrons. The largest absolute Gasteiger partial charge is 0.343 e. The summed E-state index contributed by atoms with van der Waals surface area (Å²) in [4.78, 5) is 37.9. The zero-order valence-electron chi connectivity index (χ0n) is 13.8. The van der Waals surface area contributed by atoms with Gasteiger partial charge in [-0.3, -0.25) is 9.59 Å². The van der Waals surface area contributed by atoms with E-state index in [9.17, 15) is 14.4 Å². The quantitative estimate of drug-likeness (QED) is 0.768. The van der Waals surface area contributed by atoms with E-state index in [0.717, 1.165) is 17.7 Å². The average Bonchev–Trinajstić information content (AvgIpc) is 2.97. The van der Waals surface area contributed by atoms with E-state index in [4.69, 9.17) is 0 Å². The third kappa shape index (κ3) is 3.20. The highest BCUT2D eigenvalue weighted by molar-refractivity contribution is 5.97.